The molecule has 1 fully saturated rings. The zero-order valence-corrected chi connectivity index (χ0v) is 15.7. The first-order chi connectivity index (χ1) is 13.3. The second-order valence-electron chi connectivity index (χ2n) is 6.53. The number of rotatable bonds is 4. The first kappa shape index (κ1) is 20.1. The molecule has 1 aromatic heterocycles. The molecule has 1 saturated carbocycles. The van der Waals surface area contributed by atoms with Crippen molar-refractivity contribution in [2.75, 3.05) is 0 Å². The molecule has 28 heavy (non-hydrogen) atoms. The highest BCUT2D eigenvalue weighted by Gasteiger charge is 2.34. The molecule has 0 radical (unpaired) electrons. The van der Waals surface area contributed by atoms with E-state index in [1.807, 2.05) is 0 Å². The third-order valence-corrected chi connectivity index (χ3v) is 5.26. The van der Waals surface area contributed by atoms with E-state index in [-0.39, 0.29) is 23.8 Å². The molecule has 1 aliphatic carbocycles. The summed E-state index contributed by atoms with van der Waals surface area (Å²) in [6.07, 6.45) is -2.36. The summed E-state index contributed by atoms with van der Waals surface area (Å²) in [5.74, 6) is 0.368. The van der Waals surface area contributed by atoms with Crippen LogP contribution in [-0.2, 0) is 6.18 Å². The van der Waals surface area contributed by atoms with Gasteiger partial charge in [-0.15, -0.1) is 0 Å². The van der Waals surface area contributed by atoms with Gasteiger partial charge in [0.2, 0.25) is 5.01 Å². The van der Waals surface area contributed by atoms with Gasteiger partial charge in [-0.2, -0.15) is 22.8 Å². The third kappa shape index (κ3) is 4.78. The Balaban J connectivity index is 1.56. The number of amides is 1. The van der Waals surface area contributed by atoms with Crippen LogP contribution in [-0.4, -0.2) is 27.4 Å². The predicted molar refractivity (Wildman–Crippen MR) is 94.9 cm³/mol. The molecular weight excluding hydrogens is 393 g/mol. The molecule has 0 saturated heterocycles. The molecule has 10 heteroatoms. The SMILES string of the molecule is Cc1nsc(C(=O)N[C@H]2CC[C@H](Oc3ccc(C#N)c(C(F)(F)F)c3)CC2)n1. The summed E-state index contributed by atoms with van der Waals surface area (Å²) in [4.78, 5) is 16.2. The van der Waals surface area contributed by atoms with Crippen molar-refractivity contribution in [1.82, 2.24) is 14.7 Å². The van der Waals surface area contributed by atoms with Crippen molar-refractivity contribution in [2.24, 2.45) is 0 Å². The third-order valence-electron chi connectivity index (χ3n) is 4.45. The molecule has 3 rings (SSSR count). The summed E-state index contributed by atoms with van der Waals surface area (Å²) in [7, 11) is 0. The number of benzene rings is 1. The van der Waals surface area contributed by atoms with Crippen LogP contribution in [0.2, 0.25) is 0 Å². The van der Waals surface area contributed by atoms with Gasteiger partial charge >= 0.3 is 6.18 Å². The van der Waals surface area contributed by atoms with Gasteiger partial charge in [-0.25, -0.2) is 4.98 Å². The van der Waals surface area contributed by atoms with Crippen molar-refractivity contribution in [1.29, 1.82) is 5.26 Å². The number of hydrogen-bond donors (Lipinski definition) is 1. The average Bonchev–Trinajstić information content (AvgIpc) is 3.09. The number of nitrogens with zero attached hydrogens (tertiary/aromatic N) is 3. The number of nitriles is 1. The largest absolute Gasteiger partial charge is 0.490 e. The maximum atomic E-state index is 13.1. The molecule has 1 aromatic carbocycles. The van der Waals surface area contributed by atoms with Crippen LogP contribution in [0.4, 0.5) is 13.2 Å². The number of aryl methyl sites for hydroxylation is 1. The molecule has 1 aliphatic rings. The van der Waals surface area contributed by atoms with E-state index in [1.54, 1.807) is 13.0 Å². The predicted octanol–water partition coefficient (Wildman–Crippen LogP) is 3.86. The van der Waals surface area contributed by atoms with Gasteiger partial charge in [-0.3, -0.25) is 4.79 Å². The number of aromatic nitrogens is 2. The smallest absolute Gasteiger partial charge is 0.417 e. The second-order valence-corrected chi connectivity index (χ2v) is 7.28. The zero-order chi connectivity index (χ0) is 20.3. The fourth-order valence-electron chi connectivity index (χ4n) is 3.08. The number of carbonyl (C=O) groups is 1. The van der Waals surface area contributed by atoms with Crippen LogP contribution in [0.1, 0.15) is 52.4 Å². The normalized spacial score (nSPS) is 19.7. The molecule has 0 aliphatic heterocycles. The van der Waals surface area contributed by atoms with Gasteiger partial charge in [0, 0.05) is 6.04 Å². The summed E-state index contributed by atoms with van der Waals surface area (Å²) in [6, 6.07) is 4.87. The van der Waals surface area contributed by atoms with Gasteiger partial charge in [-0.05, 0) is 62.3 Å². The van der Waals surface area contributed by atoms with Gasteiger partial charge in [-0.1, -0.05) is 0 Å². The number of carbonyl (C=O) groups excluding carboxylic acids is 1. The fraction of sp³-hybridized carbons (Fsp3) is 0.444. The lowest BCUT2D eigenvalue weighted by atomic mass is 9.93. The fourth-order valence-corrected chi connectivity index (χ4v) is 3.66. The Morgan fingerprint density at radius 3 is 2.61 bits per heavy atom. The van der Waals surface area contributed by atoms with Crippen molar-refractivity contribution in [3.05, 3.63) is 40.2 Å². The van der Waals surface area contributed by atoms with Gasteiger partial charge in [0.25, 0.3) is 5.91 Å². The van der Waals surface area contributed by atoms with Crippen molar-refractivity contribution in [2.45, 2.75) is 50.9 Å². The lowest BCUT2D eigenvalue weighted by molar-refractivity contribution is -0.137. The molecule has 1 N–H and O–H groups in total. The van der Waals surface area contributed by atoms with E-state index < -0.39 is 17.3 Å². The minimum Gasteiger partial charge on any atom is -0.490 e. The Labute approximate surface area is 163 Å². The van der Waals surface area contributed by atoms with E-state index in [0.29, 0.717) is 36.5 Å². The lowest BCUT2D eigenvalue weighted by Crippen LogP contribution is -2.39. The Morgan fingerprint density at radius 1 is 1.32 bits per heavy atom. The van der Waals surface area contributed by atoms with Crippen LogP contribution in [0.5, 0.6) is 5.75 Å². The number of nitrogens with one attached hydrogen (secondary N) is 1. The van der Waals surface area contributed by atoms with Gasteiger partial charge in [0.1, 0.15) is 11.6 Å². The van der Waals surface area contributed by atoms with Crippen LogP contribution in [0.15, 0.2) is 18.2 Å². The molecule has 0 atom stereocenters. The van der Waals surface area contributed by atoms with Crippen molar-refractivity contribution in [3.8, 4) is 11.8 Å². The molecule has 1 amide bonds. The molecule has 0 bridgehead atoms. The summed E-state index contributed by atoms with van der Waals surface area (Å²) in [6.45, 7) is 1.71. The minimum absolute atomic E-state index is 0.0387. The summed E-state index contributed by atoms with van der Waals surface area (Å²) in [5, 5.41) is 12.1. The molecule has 1 heterocycles. The number of alkyl halides is 3. The Bertz CT molecular complexity index is 899. The number of halogens is 3. The minimum atomic E-state index is -4.62. The number of ether oxygens (including phenoxy) is 1. The first-order valence-corrected chi connectivity index (χ1v) is 9.43. The molecule has 0 unspecified atom stereocenters. The quantitative estimate of drug-likeness (QED) is 0.827. The Kier molecular flexibility index (Phi) is 5.84. The Morgan fingerprint density at radius 2 is 2.04 bits per heavy atom. The van der Waals surface area contributed by atoms with Crippen molar-refractivity contribution in [3.63, 3.8) is 0 Å². The topological polar surface area (TPSA) is 87.9 Å². The summed E-state index contributed by atoms with van der Waals surface area (Å²) >= 11 is 1.04. The average molecular weight is 410 g/mol. The van der Waals surface area contributed by atoms with E-state index >= 15 is 0 Å². The second kappa shape index (κ2) is 8.14. The van der Waals surface area contributed by atoms with E-state index in [4.69, 9.17) is 10.00 Å². The maximum absolute atomic E-state index is 13.1. The molecule has 0 spiro atoms. The highest BCUT2D eigenvalue weighted by molar-refractivity contribution is 7.07. The zero-order valence-electron chi connectivity index (χ0n) is 14.9. The Hall–Kier alpha value is -2.67. The first-order valence-electron chi connectivity index (χ1n) is 8.65. The molecule has 2 aromatic rings. The van der Waals surface area contributed by atoms with Gasteiger partial charge in [0.05, 0.1) is 23.3 Å². The lowest BCUT2D eigenvalue weighted by Gasteiger charge is -2.29. The van der Waals surface area contributed by atoms with E-state index in [9.17, 15) is 18.0 Å². The van der Waals surface area contributed by atoms with Gasteiger partial charge < -0.3 is 10.1 Å². The van der Waals surface area contributed by atoms with E-state index in [2.05, 4.69) is 14.7 Å². The van der Waals surface area contributed by atoms with E-state index in [1.165, 1.54) is 6.07 Å². The van der Waals surface area contributed by atoms with E-state index in [0.717, 1.165) is 23.7 Å². The number of hydrogen-bond acceptors (Lipinski definition) is 6. The van der Waals surface area contributed by atoms with Gasteiger partial charge in [0.15, 0.2) is 0 Å². The van der Waals surface area contributed by atoms with Crippen LogP contribution < -0.4 is 10.1 Å². The molecular formula is C18H17F3N4O2S. The van der Waals surface area contributed by atoms with Crippen LogP contribution >= 0.6 is 11.5 Å². The monoisotopic (exact) mass is 410 g/mol. The van der Waals surface area contributed by atoms with Crippen LogP contribution in [0.3, 0.4) is 0 Å². The van der Waals surface area contributed by atoms with Crippen LogP contribution in [0, 0.1) is 18.3 Å². The summed E-state index contributed by atoms with van der Waals surface area (Å²) < 4.78 is 48.8. The van der Waals surface area contributed by atoms with Crippen molar-refractivity contribution < 1.29 is 22.7 Å². The standard InChI is InChI=1S/C18H17F3N4O2S/c1-10-23-17(28-25-10)16(26)24-12-3-6-13(7-4-12)27-14-5-2-11(9-22)15(8-14)18(19,20)21/h2,5,8,12-13H,3-4,6-7H2,1H3,(H,24,26)/t12-,13-. The molecule has 6 nitrogen and oxygen atoms in total. The van der Waals surface area contributed by atoms with Crippen LogP contribution in [0.25, 0.3) is 0 Å². The molecule has 148 valence electrons. The highest BCUT2D eigenvalue weighted by Crippen LogP contribution is 2.35. The van der Waals surface area contributed by atoms with Crippen molar-refractivity contribution >= 4 is 17.4 Å². The summed E-state index contributed by atoms with van der Waals surface area (Å²) in [5.41, 5.74) is -1.43. The highest BCUT2D eigenvalue weighted by atomic mass is 32.1. The maximum Gasteiger partial charge on any atom is 0.417 e.